The Bertz CT molecular complexity index is 635. The van der Waals surface area contributed by atoms with Gasteiger partial charge < -0.3 is 9.42 Å². The lowest BCUT2D eigenvalue weighted by molar-refractivity contribution is 0.215. The molecule has 124 valence electrons. The Kier molecular flexibility index (Phi) is 5.18. The van der Waals surface area contributed by atoms with Crippen LogP contribution in [0.15, 0.2) is 28.8 Å². The quantitative estimate of drug-likeness (QED) is 0.840. The second-order valence-corrected chi connectivity index (χ2v) is 6.82. The number of nitrogens with zero attached hydrogens (tertiary/aromatic N) is 4. The van der Waals surface area contributed by atoms with Crippen molar-refractivity contribution in [2.24, 2.45) is 5.92 Å². The summed E-state index contributed by atoms with van der Waals surface area (Å²) in [7, 11) is 0. The summed E-state index contributed by atoms with van der Waals surface area (Å²) < 4.78 is 5.36. The van der Waals surface area contributed by atoms with Gasteiger partial charge in [-0.3, -0.25) is 4.90 Å². The highest BCUT2D eigenvalue weighted by atomic mass is 35.5. The summed E-state index contributed by atoms with van der Waals surface area (Å²) in [5.74, 6) is 2.07. The van der Waals surface area contributed by atoms with Gasteiger partial charge in [0.05, 0.1) is 17.3 Å². The van der Waals surface area contributed by atoms with Crippen LogP contribution in [0.25, 0.3) is 0 Å². The third-order valence-corrected chi connectivity index (χ3v) is 4.34. The summed E-state index contributed by atoms with van der Waals surface area (Å²) in [6.07, 6.45) is 0.865. The van der Waals surface area contributed by atoms with Crippen LogP contribution in [0.5, 0.6) is 0 Å². The van der Waals surface area contributed by atoms with E-state index in [4.69, 9.17) is 16.1 Å². The topological polar surface area (TPSA) is 45.4 Å². The molecule has 3 rings (SSSR count). The lowest BCUT2D eigenvalue weighted by Gasteiger charge is -2.35. The lowest BCUT2D eigenvalue weighted by Crippen LogP contribution is -2.46. The average molecular weight is 335 g/mol. The van der Waals surface area contributed by atoms with Crippen LogP contribution < -0.4 is 4.90 Å². The molecule has 0 N–H and O–H groups in total. The minimum atomic E-state index is 0.541. The molecule has 0 amide bonds. The van der Waals surface area contributed by atoms with Crippen LogP contribution in [0, 0.1) is 5.92 Å². The summed E-state index contributed by atoms with van der Waals surface area (Å²) in [6, 6.07) is 8.01. The van der Waals surface area contributed by atoms with Crippen molar-refractivity contribution in [3.8, 4) is 0 Å². The van der Waals surface area contributed by atoms with Gasteiger partial charge in [0.1, 0.15) is 0 Å². The van der Waals surface area contributed by atoms with Crippen molar-refractivity contribution in [1.82, 2.24) is 15.0 Å². The molecule has 2 aromatic rings. The van der Waals surface area contributed by atoms with Crippen LogP contribution in [0.3, 0.4) is 0 Å². The van der Waals surface area contributed by atoms with Crippen LogP contribution in [0.4, 0.5) is 5.69 Å². The maximum absolute atomic E-state index is 6.28. The molecule has 0 aliphatic carbocycles. The van der Waals surface area contributed by atoms with Crippen molar-refractivity contribution >= 4 is 17.3 Å². The molecular formula is C17H23ClN4O. The highest BCUT2D eigenvalue weighted by molar-refractivity contribution is 6.33. The maximum atomic E-state index is 6.28. The Morgan fingerprint density at radius 1 is 1.17 bits per heavy atom. The van der Waals surface area contributed by atoms with Crippen LogP contribution >= 0.6 is 11.6 Å². The molecule has 23 heavy (non-hydrogen) atoms. The molecule has 6 heteroatoms. The summed E-state index contributed by atoms with van der Waals surface area (Å²) in [4.78, 5) is 9.16. The molecule has 1 aliphatic rings. The highest BCUT2D eigenvalue weighted by Gasteiger charge is 2.20. The predicted molar refractivity (Wildman–Crippen MR) is 91.8 cm³/mol. The van der Waals surface area contributed by atoms with Crippen molar-refractivity contribution in [2.45, 2.75) is 26.8 Å². The van der Waals surface area contributed by atoms with Gasteiger partial charge in [-0.1, -0.05) is 42.7 Å². The van der Waals surface area contributed by atoms with E-state index < -0.39 is 0 Å². The largest absolute Gasteiger partial charge is 0.368 e. The van der Waals surface area contributed by atoms with Crippen molar-refractivity contribution in [3.63, 3.8) is 0 Å². The third kappa shape index (κ3) is 4.24. The minimum Gasteiger partial charge on any atom is -0.368 e. The summed E-state index contributed by atoms with van der Waals surface area (Å²) >= 11 is 6.28. The molecule has 0 spiro atoms. The fourth-order valence-electron chi connectivity index (χ4n) is 2.85. The smallest absolute Gasteiger partial charge is 0.240 e. The van der Waals surface area contributed by atoms with Crippen LogP contribution in [-0.2, 0) is 13.0 Å². The standard InChI is InChI=1S/C17H23ClN4O/c1-13(2)11-16-19-17(23-20-16)12-21-7-9-22(10-8-21)15-6-4-3-5-14(15)18/h3-6,13H,7-12H2,1-2H3. The normalized spacial score (nSPS) is 16.3. The Balaban J connectivity index is 1.53. The molecule has 1 aliphatic heterocycles. The molecule has 1 aromatic heterocycles. The Morgan fingerprint density at radius 2 is 1.91 bits per heavy atom. The second-order valence-electron chi connectivity index (χ2n) is 6.42. The molecule has 1 aromatic carbocycles. The maximum Gasteiger partial charge on any atom is 0.240 e. The molecule has 1 fully saturated rings. The molecule has 0 atom stereocenters. The number of rotatable bonds is 5. The van der Waals surface area contributed by atoms with E-state index in [-0.39, 0.29) is 0 Å². The molecular weight excluding hydrogens is 312 g/mol. The lowest BCUT2D eigenvalue weighted by atomic mass is 10.1. The number of para-hydroxylation sites is 1. The van der Waals surface area contributed by atoms with Gasteiger partial charge in [-0.15, -0.1) is 0 Å². The first-order chi connectivity index (χ1) is 11.1. The average Bonchev–Trinajstić information content (AvgIpc) is 2.95. The number of piperazine rings is 1. The van der Waals surface area contributed by atoms with E-state index in [1.165, 1.54) is 0 Å². The van der Waals surface area contributed by atoms with Crippen molar-refractivity contribution in [3.05, 3.63) is 41.0 Å². The van der Waals surface area contributed by atoms with Crippen molar-refractivity contribution in [2.75, 3.05) is 31.1 Å². The van der Waals surface area contributed by atoms with E-state index in [1.54, 1.807) is 0 Å². The highest BCUT2D eigenvalue weighted by Crippen LogP contribution is 2.26. The Morgan fingerprint density at radius 3 is 2.61 bits per heavy atom. The molecule has 5 nitrogen and oxygen atoms in total. The first kappa shape index (κ1) is 16.3. The fraction of sp³-hybridized carbons (Fsp3) is 0.529. The van der Waals surface area contributed by atoms with Gasteiger partial charge in [0.15, 0.2) is 5.82 Å². The molecule has 0 bridgehead atoms. The van der Waals surface area contributed by atoms with Gasteiger partial charge in [0.25, 0.3) is 0 Å². The van der Waals surface area contributed by atoms with Gasteiger partial charge in [-0.25, -0.2) is 0 Å². The first-order valence-corrected chi connectivity index (χ1v) is 8.53. The van der Waals surface area contributed by atoms with E-state index in [2.05, 4.69) is 39.9 Å². The van der Waals surface area contributed by atoms with Gasteiger partial charge in [-0.05, 0) is 18.1 Å². The molecule has 0 saturated carbocycles. The molecule has 2 heterocycles. The molecule has 1 saturated heterocycles. The van der Waals surface area contributed by atoms with Crippen LogP contribution in [0.2, 0.25) is 5.02 Å². The molecule has 0 radical (unpaired) electrons. The summed E-state index contributed by atoms with van der Waals surface area (Å²) in [5, 5.41) is 4.87. The zero-order valence-electron chi connectivity index (χ0n) is 13.7. The second kappa shape index (κ2) is 7.32. The monoisotopic (exact) mass is 334 g/mol. The van der Waals surface area contributed by atoms with Gasteiger partial charge >= 0.3 is 0 Å². The van der Waals surface area contributed by atoms with Crippen LogP contribution in [0.1, 0.15) is 25.6 Å². The Hall–Kier alpha value is -1.59. The van der Waals surface area contributed by atoms with E-state index in [1.807, 2.05) is 18.2 Å². The van der Waals surface area contributed by atoms with E-state index in [0.29, 0.717) is 11.8 Å². The number of hydrogen-bond donors (Lipinski definition) is 0. The van der Waals surface area contributed by atoms with Gasteiger partial charge in [0, 0.05) is 32.6 Å². The fourth-order valence-corrected chi connectivity index (χ4v) is 3.10. The molecule has 0 unspecified atom stereocenters. The van der Waals surface area contributed by atoms with Gasteiger partial charge in [-0.2, -0.15) is 4.98 Å². The Labute approximate surface area is 142 Å². The third-order valence-electron chi connectivity index (χ3n) is 4.03. The summed E-state index contributed by atoms with van der Waals surface area (Å²) in [5.41, 5.74) is 1.12. The van der Waals surface area contributed by atoms with Crippen molar-refractivity contribution < 1.29 is 4.52 Å². The predicted octanol–water partition coefficient (Wildman–Crippen LogP) is 3.24. The van der Waals surface area contributed by atoms with E-state index in [0.717, 1.165) is 55.7 Å². The number of benzene rings is 1. The van der Waals surface area contributed by atoms with Crippen molar-refractivity contribution in [1.29, 1.82) is 0 Å². The van der Waals surface area contributed by atoms with Crippen LogP contribution in [-0.4, -0.2) is 41.2 Å². The SMILES string of the molecule is CC(C)Cc1noc(CN2CCN(c3ccccc3Cl)CC2)n1. The van der Waals surface area contributed by atoms with E-state index >= 15 is 0 Å². The number of hydrogen-bond acceptors (Lipinski definition) is 5. The minimum absolute atomic E-state index is 0.541. The van der Waals surface area contributed by atoms with E-state index in [9.17, 15) is 0 Å². The zero-order chi connectivity index (χ0) is 16.2. The number of anilines is 1. The van der Waals surface area contributed by atoms with Gasteiger partial charge in [0.2, 0.25) is 5.89 Å². The summed E-state index contributed by atoms with van der Waals surface area (Å²) in [6.45, 7) is 8.88. The number of aromatic nitrogens is 2. The zero-order valence-corrected chi connectivity index (χ0v) is 14.5. The first-order valence-electron chi connectivity index (χ1n) is 8.15. The number of halogens is 1.